The highest BCUT2D eigenvalue weighted by Crippen LogP contribution is 2.25. The molecule has 18 unspecified atom stereocenters. The Morgan fingerprint density at radius 3 is 1.83 bits per heavy atom. The molecule has 35 heteroatoms. The van der Waals surface area contributed by atoms with E-state index in [1.165, 1.54) is 50.5 Å². The molecule has 0 aromatic heterocycles. The number of aromatic hydroxyl groups is 1. The average molecular weight is 1410 g/mol. The van der Waals surface area contributed by atoms with Crippen molar-refractivity contribution in [2.45, 2.75) is 260 Å². The summed E-state index contributed by atoms with van der Waals surface area (Å²) in [5, 5.41) is 114. The quantitative estimate of drug-likeness (QED) is 0.0188. The van der Waals surface area contributed by atoms with E-state index >= 15 is 0 Å². The van der Waals surface area contributed by atoms with Gasteiger partial charge in [0.05, 0.1) is 37.6 Å². The van der Waals surface area contributed by atoms with Crippen LogP contribution in [-0.2, 0) is 78.2 Å². The Morgan fingerprint density at radius 1 is 0.717 bits per heavy atom. The van der Waals surface area contributed by atoms with Crippen molar-refractivity contribution in [2.75, 3.05) is 20.2 Å². The molecule has 0 saturated carbocycles. The summed E-state index contributed by atoms with van der Waals surface area (Å²) in [5.74, 6) is -15.4. The Labute approximate surface area is 573 Å². The van der Waals surface area contributed by atoms with Crippen molar-refractivity contribution in [1.29, 1.82) is 0 Å². The van der Waals surface area contributed by atoms with Crippen molar-refractivity contribution < 1.29 is 118 Å². The van der Waals surface area contributed by atoms with Crippen molar-refractivity contribution in [2.24, 2.45) is 11.5 Å². The Hall–Kier alpha value is -8.00. The number of hydrogen-bond acceptors (Lipinski definition) is 24. The first-order valence-electron chi connectivity index (χ1n) is 33.2. The molecule has 2 heterocycles. The van der Waals surface area contributed by atoms with Gasteiger partial charge in [-0.05, 0) is 71.6 Å². The number of amides is 11. The van der Waals surface area contributed by atoms with E-state index in [0.29, 0.717) is 17.7 Å². The largest absolute Gasteiger partial charge is 0.508 e. The number of nitrogens with two attached hydrogens (primary N) is 2. The fraction of sp³-hybridized carbons (Fsp3) is 0.688. The van der Waals surface area contributed by atoms with E-state index in [-0.39, 0.29) is 17.7 Å². The summed E-state index contributed by atoms with van der Waals surface area (Å²) in [5.41, 5.74) is 10.5. The number of nitrogens with one attached hydrogen (secondary N) is 8. The average Bonchev–Trinajstić information content (AvgIpc) is 0.857. The van der Waals surface area contributed by atoms with Crippen LogP contribution in [0.25, 0.3) is 0 Å². The van der Waals surface area contributed by atoms with Crippen molar-refractivity contribution >= 4 is 70.9 Å². The van der Waals surface area contributed by atoms with Gasteiger partial charge in [-0.15, -0.1) is 0 Å². The van der Waals surface area contributed by atoms with Crippen LogP contribution in [-0.4, -0.2) is 252 Å². The summed E-state index contributed by atoms with van der Waals surface area (Å²) < 4.78 is 17.0. The highest BCUT2D eigenvalue weighted by molar-refractivity contribution is 6.02. The van der Waals surface area contributed by atoms with Crippen LogP contribution < -0.4 is 54.0 Å². The van der Waals surface area contributed by atoms with Crippen LogP contribution in [0.4, 0.5) is 0 Å². The van der Waals surface area contributed by atoms with Gasteiger partial charge in [0.1, 0.15) is 84.3 Å². The summed E-state index contributed by atoms with van der Waals surface area (Å²) in [6.07, 6.45) is -12.1. The van der Waals surface area contributed by atoms with Gasteiger partial charge in [-0.25, -0.2) is 4.79 Å². The van der Waals surface area contributed by atoms with Gasteiger partial charge in [0, 0.05) is 26.3 Å². The first-order valence-corrected chi connectivity index (χ1v) is 33.2. The van der Waals surface area contributed by atoms with Crippen LogP contribution in [0.15, 0.2) is 36.0 Å². The zero-order valence-corrected chi connectivity index (χ0v) is 57.0. The van der Waals surface area contributed by atoms with E-state index in [1.807, 2.05) is 0 Å². The Balaban J connectivity index is 2.22. The van der Waals surface area contributed by atoms with Gasteiger partial charge >= 0.3 is 5.97 Å². The van der Waals surface area contributed by atoms with Crippen molar-refractivity contribution in [1.82, 2.24) is 47.4 Å². The molecule has 18 atom stereocenters. The molecule has 2 aliphatic heterocycles. The predicted molar refractivity (Wildman–Crippen MR) is 348 cm³/mol. The molecule has 0 aliphatic carbocycles. The van der Waals surface area contributed by atoms with Crippen molar-refractivity contribution in [3.63, 3.8) is 0 Å². The molecule has 1 aromatic rings. The Kier molecular flexibility index (Phi) is 36.9. The summed E-state index contributed by atoms with van der Waals surface area (Å²) >= 11 is 0. The third kappa shape index (κ3) is 27.9. The molecule has 2 fully saturated rings. The topological polar surface area (TPSA) is 566 Å². The molecular formula is C64H103N11O24. The highest BCUT2D eigenvalue weighted by atomic mass is 16.7. The van der Waals surface area contributed by atoms with Gasteiger partial charge in [0.2, 0.25) is 53.2 Å². The maximum Gasteiger partial charge on any atom is 0.329 e. The van der Waals surface area contributed by atoms with Crippen LogP contribution in [0, 0.1) is 0 Å². The molecule has 21 N–H and O–H groups in total. The minimum Gasteiger partial charge on any atom is -0.508 e. The van der Waals surface area contributed by atoms with Crippen LogP contribution in [0.2, 0.25) is 0 Å². The minimum absolute atomic E-state index is 0.0390. The van der Waals surface area contributed by atoms with E-state index in [9.17, 15) is 103 Å². The molecule has 0 radical (unpaired) electrons. The third-order valence-corrected chi connectivity index (χ3v) is 16.7. The van der Waals surface area contributed by atoms with Gasteiger partial charge in [0.15, 0.2) is 12.4 Å². The van der Waals surface area contributed by atoms with E-state index in [0.717, 1.165) is 79.3 Å². The number of phenolic OH excluding ortho intramolecular Hbond substituents is 1. The molecular weight excluding hydrogens is 1310 g/mol. The lowest BCUT2D eigenvalue weighted by atomic mass is 9.99. The number of likely N-dealkylation sites (N-methyl/N-ethyl adjacent to an activating group) is 1. The van der Waals surface area contributed by atoms with Gasteiger partial charge in [-0.2, -0.15) is 0 Å². The normalized spacial score (nSPS) is 26.8. The molecule has 0 bridgehead atoms. The molecule has 11 amide bonds. The van der Waals surface area contributed by atoms with E-state index < -0.39 is 232 Å². The molecule has 0 spiro atoms. The standard InChI is InChI=1S/C64H103N11O24/c1-8-10-11-12-13-14-15-16-17-18-19-20-42(80)51(84)62(95)73-48(33(4)78)59(92)74-49-34(5)97-63(96)40(26-28-45(66)82)70-61(94)50(35(6)98-64-54(87)53(86)52(85)43(31-76)99-64)75(7)46(83)30-67-55(88)39(25-27-44(65)81)69-56(89)38(9-2)68-57(90)41(29-36-21-23-37(79)24-22-36)71-58(91)47(32(3)77)72-60(49)93/h9,21-24,32-35,39-43,47-54,64,76-80,84-87H,8,10-20,25-31H2,1-7H3,(H2,65,81)(H2,66,82)(H,67,88)(H,68,90)(H,69,89)(H,70,94)(H,71,91)(H,72,93)(H,73,95)(H,74,92)/b38-9-. The van der Waals surface area contributed by atoms with Gasteiger partial charge in [0.25, 0.3) is 11.8 Å². The maximum absolute atomic E-state index is 14.8. The Morgan fingerprint density at radius 2 is 1.28 bits per heavy atom. The van der Waals surface area contributed by atoms with E-state index in [1.54, 1.807) is 0 Å². The number of primary amides is 2. The number of aliphatic hydroxyl groups is 8. The number of cyclic esters (lactones) is 1. The maximum atomic E-state index is 14.8. The highest BCUT2D eigenvalue weighted by Gasteiger charge is 2.47. The Bertz CT molecular complexity index is 2880. The third-order valence-electron chi connectivity index (χ3n) is 16.7. The second-order valence-electron chi connectivity index (χ2n) is 24.8. The molecule has 2 saturated heterocycles. The fourth-order valence-electron chi connectivity index (χ4n) is 10.8. The number of hydrogen-bond donors (Lipinski definition) is 19. The molecule has 1 aromatic carbocycles. The van der Waals surface area contributed by atoms with Crippen LogP contribution in [0.3, 0.4) is 0 Å². The number of phenols is 1. The molecule has 35 nitrogen and oxygen atoms in total. The molecule has 99 heavy (non-hydrogen) atoms. The van der Waals surface area contributed by atoms with Gasteiger partial charge in [-0.1, -0.05) is 95.8 Å². The number of esters is 1. The van der Waals surface area contributed by atoms with Gasteiger partial charge < -0.3 is 119 Å². The summed E-state index contributed by atoms with van der Waals surface area (Å²) in [4.78, 5) is 168. The number of nitrogens with zero attached hydrogens (tertiary/aromatic N) is 1. The zero-order valence-electron chi connectivity index (χ0n) is 57.0. The zero-order chi connectivity index (χ0) is 74.4. The fourth-order valence-corrected chi connectivity index (χ4v) is 10.8. The number of carbonyl (C=O) groups is 12. The van der Waals surface area contributed by atoms with E-state index in [2.05, 4.69) is 49.5 Å². The lowest BCUT2D eigenvalue weighted by Crippen LogP contribution is -2.64. The van der Waals surface area contributed by atoms with Crippen LogP contribution >= 0.6 is 0 Å². The number of unbranched alkanes of at least 4 members (excludes halogenated alkanes) is 10. The van der Waals surface area contributed by atoms with Crippen molar-refractivity contribution in [3.8, 4) is 5.75 Å². The molecule has 3 rings (SSSR count). The first kappa shape index (κ1) is 85.2. The SMILES string of the molecule is C/C=C1\NC(=O)C(Cc2ccc(O)cc2)NC(=O)C(C(C)O)NC(=O)C(NC(=O)C(NC(=O)C(O)C(O)CCCCCCCCCCCCC)C(C)O)C(C)OC(=O)C(CCC(N)=O)NC(=O)C(C(C)OC2OC(CO)C(O)C(O)C2O)N(C)C(=O)CNC(=O)C(CCC(N)=O)NC1=O. The van der Waals surface area contributed by atoms with Crippen LogP contribution in [0.5, 0.6) is 5.75 Å². The summed E-state index contributed by atoms with van der Waals surface area (Å²) in [6, 6.07) is -8.97. The number of rotatable bonds is 31. The number of ether oxygens (including phenoxy) is 3. The second kappa shape index (κ2) is 42.8. The monoisotopic (exact) mass is 1410 g/mol. The number of benzene rings is 1. The van der Waals surface area contributed by atoms with E-state index in [4.69, 9.17) is 25.7 Å². The van der Waals surface area contributed by atoms with Crippen molar-refractivity contribution in [3.05, 3.63) is 41.6 Å². The lowest BCUT2D eigenvalue weighted by Gasteiger charge is -2.42. The number of carbonyl (C=O) groups excluding carboxylic acids is 12. The molecule has 2 aliphatic rings. The number of allylic oxidation sites excluding steroid dienone is 1. The summed E-state index contributed by atoms with van der Waals surface area (Å²) in [6.45, 7) is 5.57. The second-order valence-corrected chi connectivity index (χ2v) is 24.8. The minimum atomic E-state index is -2.30. The first-order chi connectivity index (χ1) is 46.7. The molecule has 558 valence electrons. The van der Waals surface area contributed by atoms with Gasteiger partial charge in [-0.3, -0.25) is 52.7 Å². The lowest BCUT2D eigenvalue weighted by molar-refractivity contribution is -0.312. The summed E-state index contributed by atoms with van der Waals surface area (Å²) in [7, 11) is 0.983. The smallest absolute Gasteiger partial charge is 0.329 e. The number of aliphatic hydroxyl groups excluding tert-OH is 8. The van der Waals surface area contributed by atoms with Crippen LogP contribution in [0.1, 0.15) is 150 Å². The predicted octanol–water partition coefficient (Wildman–Crippen LogP) is -5.33.